The van der Waals surface area contributed by atoms with Gasteiger partial charge in [-0.1, -0.05) is 28.9 Å². The van der Waals surface area contributed by atoms with Gasteiger partial charge >= 0.3 is 0 Å². The van der Waals surface area contributed by atoms with Gasteiger partial charge in [0, 0.05) is 34.3 Å². The maximum Gasteiger partial charge on any atom is 0.278 e. The van der Waals surface area contributed by atoms with Crippen LogP contribution in [0.25, 0.3) is 0 Å². The van der Waals surface area contributed by atoms with E-state index in [-0.39, 0.29) is 5.91 Å². The highest BCUT2D eigenvalue weighted by Gasteiger charge is 2.26. The van der Waals surface area contributed by atoms with Gasteiger partial charge in [-0.2, -0.15) is 4.99 Å². The Morgan fingerprint density at radius 3 is 2.68 bits per heavy atom. The van der Waals surface area contributed by atoms with Crippen LogP contribution in [-0.4, -0.2) is 24.2 Å². The number of nitrogens with zero attached hydrogens (tertiary/aromatic N) is 2. The Bertz CT molecular complexity index is 877. The lowest BCUT2D eigenvalue weighted by atomic mass is 10.1. The van der Waals surface area contributed by atoms with Crippen LogP contribution in [0.2, 0.25) is 0 Å². The molecule has 5 nitrogen and oxygen atoms in total. The number of carbonyl (C=O) groups excluding carboxylic acids is 2. The molecule has 2 N–H and O–H groups in total. The molecule has 0 aromatic heterocycles. The summed E-state index contributed by atoms with van der Waals surface area (Å²) in [6.07, 6.45) is 1.55. The van der Waals surface area contributed by atoms with Gasteiger partial charge in [-0.3, -0.25) is 9.59 Å². The fraction of sp³-hybridized carbons (Fsp3) is 0.211. The summed E-state index contributed by atoms with van der Waals surface area (Å²) < 4.78 is 1.00. The molecule has 1 aliphatic heterocycles. The van der Waals surface area contributed by atoms with Gasteiger partial charge in [0.1, 0.15) is 5.84 Å². The van der Waals surface area contributed by atoms with Gasteiger partial charge in [0.2, 0.25) is 5.91 Å². The van der Waals surface area contributed by atoms with Crippen molar-refractivity contribution in [3.8, 4) is 0 Å². The molecule has 128 valence electrons. The van der Waals surface area contributed by atoms with Gasteiger partial charge in [-0.15, -0.1) is 0 Å². The van der Waals surface area contributed by atoms with Gasteiger partial charge in [-0.05, 0) is 48.4 Å². The van der Waals surface area contributed by atoms with Crippen LogP contribution < -0.4 is 10.6 Å². The highest BCUT2D eigenvalue weighted by atomic mass is 79.9. The quantitative estimate of drug-likeness (QED) is 0.853. The molecule has 2 amide bonds. The molecule has 3 rings (SSSR count). The van der Waals surface area contributed by atoms with Crippen molar-refractivity contribution in [2.24, 2.45) is 10.7 Å². The Morgan fingerprint density at radius 1 is 1.20 bits per heavy atom. The zero-order valence-corrected chi connectivity index (χ0v) is 15.4. The van der Waals surface area contributed by atoms with Gasteiger partial charge in [0.25, 0.3) is 5.91 Å². The number of amidine groups is 1. The van der Waals surface area contributed by atoms with Crippen molar-refractivity contribution in [1.82, 2.24) is 0 Å². The maximum atomic E-state index is 12.6. The third kappa shape index (κ3) is 3.64. The molecule has 0 fully saturated rings. The van der Waals surface area contributed by atoms with Crippen molar-refractivity contribution in [1.29, 1.82) is 0 Å². The molecule has 1 heterocycles. The number of nitrogens with two attached hydrogens (primary N) is 1. The minimum atomic E-state index is -0.562. The number of aliphatic imine (C=N–C) groups is 1. The van der Waals surface area contributed by atoms with Crippen molar-refractivity contribution in [3.63, 3.8) is 0 Å². The van der Waals surface area contributed by atoms with Crippen LogP contribution in [0.1, 0.15) is 39.6 Å². The maximum absolute atomic E-state index is 12.6. The van der Waals surface area contributed by atoms with E-state index in [1.807, 2.05) is 12.1 Å². The monoisotopic (exact) mass is 399 g/mol. The van der Waals surface area contributed by atoms with Crippen LogP contribution in [0.5, 0.6) is 0 Å². The van der Waals surface area contributed by atoms with Gasteiger partial charge < -0.3 is 10.6 Å². The fourth-order valence-corrected chi connectivity index (χ4v) is 3.33. The molecule has 2 aromatic rings. The molecule has 0 radical (unpaired) electrons. The van der Waals surface area contributed by atoms with Crippen LogP contribution >= 0.6 is 15.9 Å². The first-order valence-electron chi connectivity index (χ1n) is 8.07. The average Bonchev–Trinajstić information content (AvgIpc) is 2.91. The summed E-state index contributed by atoms with van der Waals surface area (Å²) in [7, 11) is 0. The van der Waals surface area contributed by atoms with Crippen molar-refractivity contribution in [2.45, 2.75) is 19.8 Å². The third-order valence-electron chi connectivity index (χ3n) is 4.06. The van der Waals surface area contributed by atoms with Crippen molar-refractivity contribution < 1.29 is 9.59 Å². The number of hydrogen-bond donors (Lipinski definition) is 1. The molecule has 0 unspecified atom stereocenters. The lowest BCUT2D eigenvalue weighted by Gasteiger charge is -2.19. The Morgan fingerprint density at radius 2 is 1.96 bits per heavy atom. The number of primary amides is 1. The number of benzene rings is 2. The zero-order chi connectivity index (χ0) is 18.0. The Kier molecular flexibility index (Phi) is 4.99. The first-order valence-corrected chi connectivity index (χ1v) is 8.86. The molecular weight excluding hydrogens is 382 g/mol. The summed E-state index contributed by atoms with van der Waals surface area (Å²) in [5, 5.41) is 0. The molecule has 0 bridgehead atoms. The molecule has 0 spiro atoms. The second-order valence-corrected chi connectivity index (χ2v) is 6.80. The van der Waals surface area contributed by atoms with Crippen LogP contribution in [0.4, 0.5) is 5.69 Å². The number of hydrogen-bond acceptors (Lipinski definition) is 2. The van der Waals surface area contributed by atoms with E-state index >= 15 is 0 Å². The van der Waals surface area contributed by atoms with E-state index in [0.29, 0.717) is 17.5 Å². The van der Waals surface area contributed by atoms with Crippen LogP contribution in [0.15, 0.2) is 51.9 Å². The van der Waals surface area contributed by atoms with E-state index < -0.39 is 5.91 Å². The fourth-order valence-electron chi connectivity index (χ4n) is 2.92. The molecule has 6 heteroatoms. The Labute approximate surface area is 154 Å². The molecule has 1 aliphatic rings. The van der Waals surface area contributed by atoms with Gasteiger partial charge in [0.05, 0.1) is 0 Å². The summed E-state index contributed by atoms with van der Waals surface area (Å²) in [6.45, 7) is 2.88. The first kappa shape index (κ1) is 17.4. The van der Waals surface area contributed by atoms with Crippen LogP contribution in [0.3, 0.4) is 0 Å². The predicted molar refractivity (Wildman–Crippen MR) is 102 cm³/mol. The van der Waals surface area contributed by atoms with Crippen molar-refractivity contribution in [3.05, 3.63) is 63.6 Å². The summed E-state index contributed by atoms with van der Waals surface area (Å²) in [6, 6.07) is 12.4. The average molecular weight is 400 g/mol. The topological polar surface area (TPSA) is 75.8 Å². The van der Waals surface area contributed by atoms with Crippen LogP contribution in [0, 0.1) is 0 Å². The molecule has 2 aromatic carbocycles. The molecule has 0 aliphatic carbocycles. The Hall–Kier alpha value is -2.47. The summed E-state index contributed by atoms with van der Waals surface area (Å²) in [4.78, 5) is 30.3. The largest absolute Gasteiger partial charge is 0.366 e. The van der Waals surface area contributed by atoms with E-state index in [2.05, 4.69) is 38.8 Å². The minimum absolute atomic E-state index is 0.301. The number of amides is 2. The van der Waals surface area contributed by atoms with Crippen molar-refractivity contribution in [2.75, 3.05) is 11.4 Å². The first-order chi connectivity index (χ1) is 12.0. The third-order valence-corrected chi connectivity index (χ3v) is 4.56. The number of anilines is 1. The molecule has 0 atom stereocenters. The number of fused-ring (bicyclic) bond motifs is 1. The highest BCUT2D eigenvalue weighted by molar-refractivity contribution is 9.10. The second kappa shape index (κ2) is 7.19. The SMILES string of the molecule is CCCN1C(=NC(=O)c2cccc(C(N)=O)c2)Cc2cc(Br)ccc21. The number of rotatable bonds is 4. The smallest absolute Gasteiger partial charge is 0.278 e. The molecule has 0 saturated heterocycles. The van der Waals surface area contributed by atoms with E-state index in [1.165, 1.54) is 6.07 Å². The lowest BCUT2D eigenvalue weighted by Crippen LogP contribution is -2.28. The van der Waals surface area contributed by atoms with Gasteiger partial charge in [0.15, 0.2) is 0 Å². The van der Waals surface area contributed by atoms with E-state index in [0.717, 1.165) is 34.5 Å². The standard InChI is InChI=1S/C19H18BrN3O2/c1-2-8-23-16-7-6-15(20)10-14(16)11-17(23)22-19(25)13-5-3-4-12(9-13)18(21)24/h3-7,9-10H,2,8,11H2,1H3,(H2,21,24). The Balaban J connectivity index is 1.93. The number of halogens is 1. The minimum Gasteiger partial charge on any atom is -0.366 e. The second-order valence-electron chi connectivity index (χ2n) is 5.88. The number of carbonyl (C=O) groups is 2. The normalized spacial score (nSPS) is 14.6. The predicted octanol–water partition coefficient (Wildman–Crippen LogP) is 3.56. The zero-order valence-electron chi connectivity index (χ0n) is 13.8. The summed E-state index contributed by atoms with van der Waals surface area (Å²) in [5.74, 6) is -0.205. The molecule has 25 heavy (non-hydrogen) atoms. The van der Waals surface area contributed by atoms with E-state index in [9.17, 15) is 9.59 Å². The van der Waals surface area contributed by atoms with Gasteiger partial charge in [-0.25, -0.2) is 0 Å². The summed E-state index contributed by atoms with van der Waals surface area (Å²) >= 11 is 3.48. The summed E-state index contributed by atoms with van der Waals surface area (Å²) in [5.41, 5.74) is 8.17. The highest BCUT2D eigenvalue weighted by Crippen LogP contribution is 2.32. The van der Waals surface area contributed by atoms with E-state index in [4.69, 9.17) is 5.73 Å². The van der Waals surface area contributed by atoms with Crippen molar-refractivity contribution >= 4 is 39.3 Å². The molecular formula is C19H18BrN3O2. The molecule has 0 saturated carbocycles. The van der Waals surface area contributed by atoms with Crippen LogP contribution in [-0.2, 0) is 6.42 Å². The lowest BCUT2D eigenvalue weighted by molar-refractivity contribution is 0.0999. The van der Waals surface area contributed by atoms with E-state index in [1.54, 1.807) is 18.2 Å².